The minimum absolute atomic E-state index is 0.0432. The Morgan fingerprint density at radius 2 is 2.12 bits per heavy atom. The zero-order valence-corrected chi connectivity index (χ0v) is 16.8. The first-order valence-corrected chi connectivity index (χ1v) is 9.41. The number of imidazole rings is 1. The number of hydrogen-bond acceptors (Lipinski definition) is 4. The topological polar surface area (TPSA) is 56.1 Å². The molecule has 0 spiro atoms. The van der Waals surface area contributed by atoms with Crippen molar-refractivity contribution >= 4 is 39.3 Å². The third kappa shape index (κ3) is 4.84. The van der Waals surface area contributed by atoms with E-state index in [2.05, 4.69) is 30.8 Å². The van der Waals surface area contributed by atoms with Gasteiger partial charge in [0.25, 0.3) is 0 Å². The third-order valence-electron chi connectivity index (χ3n) is 3.72. The minimum atomic E-state index is -0.0432. The number of nitrogens with zero attached hydrogens (tertiary/aromatic N) is 2. The van der Waals surface area contributed by atoms with Crippen LogP contribution in [0, 0.1) is 20.8 Å². The molecule has 7 heteroatoms. The molecule has 1 heterocycles. The number of thioether (sulfide) groups is 1. The summed E-state index contributed by atoms with van der Waals surface area (Å²) >= 11 is 4.90. The van der Waals surface area contributed by atoms with Crippen LogP contribution >= 0.6 is 27.7 Å². The fraction of sp³-hybridized carbons (Fsp3) is 0.412. The molecule has 130 valence electrons. The molecule has 1 amide bonds. The maximum absolute atomic E-state index is 12.2. The molecule has 5 nitrogen and oxygen atoms in total. The van der Waals surface area contributed by atoms with E-state index in [1.54, 1.807) is 7.11 Å². The maximum Gasteiger partial charge on any atom is 0.234 e. The lowest BCUT2D eigenvalue weighted by Crippen LogP contribution is -2.15. The van der Waals surface area contributed by atoms with Crippen molar-refractivity contribution in [3.8, 4) is 0 Å². The van der Waals surface area contributed by atoms with Crippen molar-refractivity contribution in [3.63, 3.8) is 0 Å². The molecule has 0 unspecified atom stereocenters. The Balaban J connectivity index is 1.98. The predicted octanol–water partition coefficient (Wildman–Crippen LogP) is 3.95. The number of amides is 1. The molecule has 0 atom stereocenters. The summed E-state index contributed by atoms with van der Waals surface area (Å²) in [4.78, 5) is 16.7. The van der Waals surface area contributed by atoms with Crippen molar-refractivity contribution in [2.75, 3.05) is 24.8 Å². The van der Waals surface area contributed by atoms with Crippen LogP contribution < -0.4 is 5.32 Å². The lowest BCUT2D eigenvalue weighted by molar-refractivity contribution is -0.113. The quantitative estimate of drug-likeness (QED) is 0.700. The Labute approximate surface area is 155 Å². The van der Waals surface area contributed by atoms with Crippen molar-refractivity contribution in [2.45, 2.75) is 32.5 Å². The molecule has 2 rings (SSSR count). The number of methoxy groups -OCH3 is 1. The van der Waals surface area contributed by atoms with Crippen molar-refractivity contribution in [2.24, 2.45) is 0 Å². The molecule has 0 saturated carbocycles. The van der Waals surface area contributed by atoms with Crippen LogP contribution in [0.4, 0.5) is 5.69 Å². The summed E-state index contributed by atoms with van der Waals surface area (Å²) in [6.07, 6.45) is 0. The first kappa shape index (κ1) is 19.0. The monoisotopic (exact) mass is 411 g/mol. The second kappa shape index (κ2) is 8.69. The van der Waals surface area contributed by atoms with Crippen molar-refractivity contribution in [3.05, 3.63) is 39.6 Å². The van der Waals surface area contributed by atoms with Gasteiger partial charge in [0.1, 0.15) is 0 Å². The number of rotatable bonds is 7. The fourth-order valence-electron chi connectivity index (χ4n) is 2.23. The molecule has 0 aliphatic heterocycles. The molecule has 0 saturated heterocycles. The summed E-state index contributed by atoms with van der Waals surface area (Å²) in [6.45, 7) is 7.36. The van der Waals surface area contributed by atoms with E-state index in [-0.39, 0.29) is 5.91 Å². The molecule has 0 aliphatic carbocycles. The Bertz CT molecular complexity index is 731. The number of benzene rings is 1. The molecule has 24 heavy (non-hydrogen) atoms. The number of nitrogens with one attached hydrogen (secondary N) is 1. The van der Waals surface area contributed by atoms with E-state index >= 15 is 0 Å². The predicted molar refractivity (Wildman–Crippen MR) is 102 cm³/mol. The lowest BCUT2D eigenvalue weighted by Gasteiger charge is -2.10. The highest BCUT2D eigenvalue weighted by atomic mass is 79.9. The zero-order valence-electron chi connectivity index (χ0n) is 14.4. The van der Waals surface area contributed by atoms with Gasteiger partial charge in [-0.2, -0.15) is 0 Å². The SMILES string of the molecule is COCCn1c(SCC(=O)Nc2ccc(Br)c(C)c2)nc(C)c1C. The van der Waals surface area contributed by atoms with Crippen LogP contribution in [0.3, 0.4) is 0 Å². The fourth-order valence-corrected chi connectivity index (χ4v) is 3.39. The van der Waals surface area contributed by atoms with Gasteiger partial charge in [-0.25, -0.2) is 4.98 Å². The van der Waals surface area contributed by atoms with E-state index in [1.807, 2.05) is 39.0 Å². The Morgan fingerprint density at radius 1 is 1.38 bits per heavy atom. The van der Waals surface area contributed by atoms with E-state index in [1.165, 1.54) is 11.8 Å². The Hall–Kier alpha value is -1.31. The average molecular weight is 412 g/mol. The molecule has 0 aliphatic rings. The van der Waals surface area contributed by atoms with E-state index in [0.717, 1.165) is 38.8 Å². The second-order valence-corrected chi connectivity index (χ2v) is 7.31. The summed E-state index contributed by atoms with van der Waals surface area (Å²) in [5, 5.41) is 3.77. The van der Waals surface area contributed by atoms with Gasteiger partial charge in [0, 0.05) is 29.5 Å². The van der Waals surface area contributed by atoms with Gasteiger partial charge in [-0.3, -0.25) is 4.79 Å². The van der Waals surface area contributed by atoms with Crippen LogP contribution in [0.2, 0.25) is 0 Å². The highest BCUT2D eigenvalue weighted by molar-refractivity contribution is 9.10. The highest BCUT2D eigenvalue weighted by Gasteiger charge is 2.13. The summed E-state index contributed by atoms with van der Waals surface area (Å²) in [5.41, 5.74) is 3.98. The van der Waals surface area contributed by atoms with Gasteiger partial charge < -0.3 is 14.6 Å². The third-order valence-corrected chi connectivity index (χ3v) is 5.58. The Kier molecular flexibility index (Phi) is 6.89. The molecule has 0 bridgehead atoms. The number of aryl methyl sites for hydroxylation is 2. The maximum atomic E-state index is 12.2. The second-order valence-electron chi connectivity index (χ2n) is 5.51. The number of halogens is 1. The number of hydrogen-bond donors (Lipinski definition) is 1. The Morgan fingerprint density at radius 3 is 2.79 bits per heavy atom. The van der Waals surface area contributed by atoms with Crippen LogP contribution in [0.15, 0.2) is 27.8 Å². The van der Waals surface area contributed by atoms with Gasteiger partial charge in [0.15, 0.2) is 5.16 Å². The summed E-state index contributed by atoms with van der Waals surface area (Å²) in [5.74, 6) is 0.274. The molecule has 0 fully saturated rings. The normalized spacial score (nSPS) is 10.9. The summed E-state index contributed by atoms with van der Waals surface area (Å²) < 4.78 is 8.28. The van der Waals surface area contributed by atoms with Crippen LogP contribution in [0.1, 0.15) is 17.0 Å². The van der Waals surface area contributed by atoms with E-state index in [9.17, 15) is 4.79 Å². The summed E-state index contributed by atoms with van der Waals surface area (Å²) in [6, 6.07) is 5.76. The van der Waals surface area contributed by atoms with Gasteiger partial charge in [-0.05, 0) is 44.5 Å². The standard InChI is InChI=1S/C17H22BrN3O2S/c1-11-9-14(5-6-15(11)18)20-16(22)10-24-17-19-12(2)13(3)21(17)7-8-23-4/h5-6,9H,7-8,10H2,1-4H3,(H,20,22). The van der Waals surface area contributed by atoms with E-state index < -0.39 is 0 Å². The van der Waals surface area contributed by atoms with E-state index in [4.69, 9.17) is 4.74 Å². The van der Waals surface area contributed by atoms with E-state index in [0.29, 0.717) is 12.4 Å². The molecule has 2 aromatic rings. The van der Waals surface area contributed by atoms with Gasteiger partial charge >= 0.3 is 0 Å². The lowest BCUT2D eigenvalue weighted by atomic mass is 10.2. The number of anilines is 1. The molecular formula is C17H22BrN3O2S. The van der Waals surface area contributed by atoms with Crippen molar-refractivity contribution in [1.82, 2.24) is 9.55 Å². The van der Waals surface area contributed by atoms with Crippen LogP contribution in [-0.2, 0) is 16.1 Å². The van der Waals surface area contributed by atoms with Gasteiger partial charge in [0.05, 0.1) is 18.1 Å². The highest BCUT2D eigenvalue weighted by Crippen LogP contribution is 2.23. The molecule has 1 aromatic heterocycles. The number of carbonyl (C=O) groups excluding carboxylic acids is 1. The first-order valence-electron chi connectivity index (χ1n) is 7.64. The van der Waals surface area contributed by atoms with Crippen LogP contribution in [-0.4, -0.2) is 34.9 Å². The largest absolute Gasteiger partial charge is 0.383 e. The van der Waals surface area contributed by atoms with Crippen LogP contribution in [0.25, 0.3) is 0 Å². The smallest absolute Gasteiger partial charge is 0.234 e. The van der Waals surface area contributed by atoms with Crippen molar-refractivity contribution in [1.29, 1.82) is 0 Å². The zero-order chi connectivity index (χ0) is 17.7. The first-order chi connectivity index (χ1) is 11.4. The number of aromatic nitrogens is 2. The van der Waals surface area contributed by atoms with Gasteiger partial charge in [-0.15, -0.1) is 0 Å². The molecule has 0 radical (unpaired) electrons. The van der Waals surface area contributed by atoms with Crippen molar-refractivity contribution < 1.29 is 9.53 Å². The van der Waals surface area contributed by atoms with Gasteiger partial charge in [0.2, 0.25) is 5.91 Å². The number of ether oxygens (including phenoxy) is 1. The molecule has 1 N–H and O–H groups in total. The summed E-state index contributed by atoms with van der Waals surface area (Å²) in [7, 11) is 1.68. The van der Waals surface area contributed by atoms with Crippen LogP contribution in [0.5, 0.6) is 0 Å². The molecule has 1 aromatic carbocycles. The molecular weight excluding hydrogens is 390 g/mol. The number of carbonyl (C=O) groups is 1. The average Bonchev–Trinajstić information content (AvgIpc) is 2.81. The minimum Gasteiger partial charge on any atom is -0.383 e. The van der Waals surface area contributed by atoms with Gasteiger partial charge in [-0.1, -0.05) is 27.7 Å².